The van der Waals surface area contributed by atoms with E-state index in [9.17, 15) is 14.9 Å². The largest absolute Gasteiger partial charge is 0.417 e. The maximum absolute atomic E-state index is 12.4. The van der Waals surface area contributed by atoms with Gasteiger partial charge in [-0.1, -0.05) is 66.6 Å². The van der Waals surface area contributed by atoms with Crippen molar-refractivity contribution in [1.29, 1.82) is 0 Å². The fourth-order valence-corrected chi connectivity index (χ4v) is 3.68. The zero-order valence-electron chi connectivity index (χ0n) is 19.7. The highest BCUT2D eigenvalue weighted by Crippen LogP contribution is 2.36. The van der Waals surface area contributed by atoms with E-state index in [1.165, 1.54) is 24.3 Å². The molecule has 0 amide bonds. The van der Waals surface area contributed by atoms with E-state index >= 15 is 0 Å². The number of benzene rings is 3. The van der Waals surface area contributed by atoms with Gasteiger partial charge in [0.15, 0.2) is 6.29 Å². The number of esters is 1. The summed E-state index contributed by atoms with van der Waals surface area (Å²) in [6.07, 6.45) is -0.123. The second-order valence-corrected chi connectivity index (χ2v) is 7.77. The fourth-order valence-electron chi connectivity index (χ4n) is 3.68. The minimum Gasteiger partial charge on any atom is -0.417 e. The molecule has 0 spiro atoms. The quantitative estimate of drug-likeness (QED) is 0.0757. The number of hydrogen-bond acceptors (Lipinski definition) is 6. The molecule has 0 radical (unpaired) electrons. The Hall–Kier alpha value is -3.99. The van der Waals surface area contributed by atoms with Crippen molar-refractivity contribution in [3.63, 3.8) is 0 Å². The number of rotatable bonds is 10. The van der Waals surface area contributed by atoms with Crippen molar-refractivity contribution in [2.45, 2.75) is 32.0 Å². The number of nitrogens with zero attached hydrogens (tertiary/aromatic N) is 1. The van der Waals surface area contributed by atoms with Crippen LogP contribution in [-0.2, 0) is 19.7 Å². The Kier molecular flexibility index (Phi) is 9.13. The van der Waals surface area contributed by atoms with E-state index < -0.39 is 22.6 Å². The van der Waals surface area contributed by atoms with Crippen molar-refractivity contribution in [3.8, 4) is 17.6 Å². The van der Waals surface area contributed by atoms with E-state index in [2.05, 4.69) is 11.8 Å². The molecule has 0 aromatic heterocycles. The van der Waals surface area contributed by atoms with Gasteiger partial charge in [-0.05, 0) is 37.1 Å². The first-order chi connectivity index (χ1) is 16.9. The van der Waals surface area contributed by atoms with Gasteiger partial charge >= 0.3 is 5.97 Å². The average Bonchev–Trinajstić information content (AvgIpc) is 2.88. The van der Waals surface area contributed by atoms with Gasteiger partial charge in [0.1, 0.15) is 5.75 Å². The zero-order chi connectivity index (χ0) is 25.1. The number of hydrogen-bond donors (Lipinski definition) is 0. The smallest absolute Gasteiger partial charge is 0.389 e. The molecule has 0 aliphatic heterocycles. The van der Waals surface area contributed by atoms with E-state index in [1.54, 1.807) is 0 Å². The summed E-state index contributed by atoms with van der Waals surface area (Å²) in [4.78, 5) is 22.6. The standard InChI is InChI=1S/C28H27NO6/c1-3-33-22(2)34-21-28(23-11-6-4-7-12-23,24-13-8-5-9-14-24)20-10-15-27(30)35-26-18-16-25(17-19-26)29(31)32/h4-9,11-14,16-19,22H,3,20-21H2,1-2H3. The van der Waals surface area contributed by atoms with Gasteiger partial charge in [-0.25, -0.2) is 4.79 Å². The molecule has 7 nitrogen and oxygen atoms in total. The number of carbonyl (C=O) groups excluding carboxylic acids is 1. The summed E-state index contributed by atoms with van der Waals surface area (Å²) >= 11 is 0. The van der Waals surface area contributed by atoms with Crippen LogP contribution >= 0.6 is 0 Å². The second-order valence-electron chi connectivity index (χ2n) is 7.77. The number of nitro benzene ring substituents is 1. The van der Waals surface area contributed by atoms with Gasteiger partial charge < -0.3 is 14.2 Å². The van der Waals surface area contributed by atoms with Crippen molar-refractivity contribution >= 4 is 11.7 Å². The summed E-state index contributed by atoms with van der Waals surface area (Å²) in [7, 11) is 0. The Morgan fingerprint density at radius 3 is 2.03 bits per heavy atom. The molecular formula is C28H27NO6. The highest BCUT2D eigenvalue weighted by molar-refractivity contribution is 5.90. The van der Waals surface area contributed by atoms with Crippen molar-refractivity contribution in [1.82, 2.24) is 0 Å². The van der Waals surface area contributed by atoms with Crippen molar-refractivity contribution in [3.05, 3.63) is 106 Å². The number of non-ortho nitro benzene ring substituents is 1. The monoisotopic (exact) mass is 473 g/mol. The fraction of sp³-hybridized carbons (Fsp3) is 0.250. The highest BCUT2D eigenvalue weighted by Gasteiger charge is 2.34. The SMILES string of the molecule is CCOC(C)OCC(CC#CC(=O)Oc1ccc([N+](=O)[O-])cc1)(c1ccccc1)c1ccccc1. The molecule has 0 saturated heterocycles. The summed E-state index contributed by atoms with van der Waals surface area (Å²) < 4.78 is 16.9. The summed E-state index contributed by atoms with van der Waals surface area (Å²) in [5.41, 5.74) is 1.24. The predicted octanol–water partition coefficient (Wildman–Crippen LogP) is 5.28. The van der Waals surface area contributed by atoms with Gasteiger partial charge in [-0.2, -0.15) is 0 Å². The number of ether oxygens (including phenoxy) is 3. The van der Waals surface area contributed by atoms with Crippen LogP contribution in [0.25, 0.3) is 0 Å². The van der Waals surface area contributed by atoms with Gasteiger partial charge in [0.2, 0.25) is 0 Å². The highest BCUT2D eigenvalue weighted by atomic mass is 16.7. The van der Waals surface area contributed by atoms with Crippen LogP contribution in [-0.4, -0.2) is 30.4 Å². The van der Waals surface area contributed by atoms with E-state index in [-0.39, 0.29) is 24.5 Å². The first-order valence-electron chi connectivity index (χ1n) is 11.2. The van der Waals surface area contributed by atoms with Crippen LogP contribution < -0.4 is 4.74 Å². The summed E-state index contributed by atoms with van der Waals surface area (Å²) in [5.74, 6) is 4.95. The lowest BCUT2D eigenvalue weighted by Crippen LogP contribution is -2.35. The van der Waals surface area contributed by atoms with Crippen LogP contribution in [0.15, 0.2) is 84.9 Å². The van der Waals surface area contributed by atoms with Gasteiger partial charge in [-0.3, -0.25) is 10.1 Å². The molecule has 3 rings (SSSR count). The van der Waals surface area contributed by atoms with Crippen molar-refractivity contribution in [2.24, 2.45) is 0 Å². The van der Waals surface area contributed by atoms with Gasteiger partial charge in [0, 0.05) is 31.1 Å². The number of carbonyl (C=O) groups is 1. The molecule has 35 heavy (non-hydrogen) atoms. The molecule has 1 unspecified atom stereocenters. The van der Waals surface area contributed by atoms with E-state index in [4.69, 9.17) is 14.2 Å². The lowest BCUT2D eigenvalue weighted by Gasteiger charge is -2.34. The maximum atomic E-state index is 12.4. The van der Waals surface area contributed by atoms with Gasteiger partial charge in [0.25, 0.3) is 5.69 Å². The van der Waals surface area contributed by atoms with Gasteiger partial charge in [-0.15, -0.1) is 0 Å². The van der Waals surface area contributed by atoms with E-state index in [1.807, 2.05) is 74.5 Å². The van der Waals surface area contributed by atoms with Crippen LogP contribution in [0.3, 0.4) is 0 Å². The Labute approximate surface area is 204 Å². The normalized spacial score (nSPS) is 11.7. The van der Waals surface area contributed by atoms with Crippen LogP contribution in [0.1, 0.15) is 31.4 Å². The topological polar surface area (TPSA) is 87.9 Å². The molecule has 7 heteroatoms. The molecule has 0 bridgehead atoms. The van der Waals surface area contributed by atoms with Crippen molar-refractivity contribution < 1.29 is 23.9 Å². The Morgan fingerprint density at radius 2 is 1.51 bits per heavy atom. The van der Waals surface area contributed by atoms with Crippen molar-refractivity contribution in [2.75, 3.05) is 13.2 Å². The molecule has 0 N–H and O–H groups in total. The van der Waals surface area contributed by atoms with Crippen LogP contribution in [0.4, 0.5) is 5.69 Å². The molecule has 1 atom stereocenters. The minimum atomic E-state index is -0.752. The molecule has 3 aromatic carbocycles. The second kappa shape index (κ2) is 12.5. The first kappa shape index (κ1) is 25.6. The first-order valence-corrected chi connectivity index (χ1v) is 11.2. The van der Waals surface area contributed by atoms with Crippen LogP contribution in [0, 0.1) is 22.0 Å². The minimum absolute atomic E-state index is 0.0901. The molecule has 0 heterocycles. The summed E-state index contributed by atoms with van der Waals surface area (Å²) in [5, 5.41) is 10.8. The molecule has 0 fully saturated rings. The lowest BCUT2D eigenvalue weighted by molar-refractivity contribution is -0.384. The van der Waals surface area contributed by atoms with E-state index in [0.29, 0.717) is 6.61 Å². The Bertz CT molecular complexity index is 1130. The molecule has 0 saturated carbocycles. The third-order valence-corrected chi connectivity index (χ3v) is 5.46. The zero-order valence-corrected chi connectivity index (χ0v) is 19.7. The maximum Gasteiger partial charge on any atom is 0.389 e. The third-order valence-electron chi connectivity index (χ3n) is 5.46. The Morgan fingerprint density at radius 1 is 0.943 bits per heavy atom. The molecule has 180 valence electrons. The molecule has 3 aromatic rings. The molecular weight excluding hydrogens is 446 g/mol. The lowest BCUT2D eigenvalue weighted by atomic mass is 9.72. The molecule has 0 aliphatic rings. The average molecular weight is 474 g/mol. The summed E-state index contributed by atoms with van der Waals surface area (Å²) in [6, 6.07) is 25.0. The van der Waals surface area contributed by atoms with Crippen LogP contribution in [0.5, 0.6) is 5.75 Å². The summed E-state index contributed by atoms with van der Waals surface area (Å²) in [6.45, 7) is 4.56. The third kappa shape index (κ3) is 7.00. The Balaban J connectivity index is 1.87. The van der Waals surface area contributed by atoms with Crippen LogP contribution in [0.2, 0.25) is 0 Å². The van der Waals surface area contributed by atoms with Gasteiger partial charge in [0.05, 0.1) is 16.9 Å². The molecule has 0 aliphatic carbocycles. The number of nitro groups is 1. The predicted molar refractivity (Wildman–Crippen MR) is 132 cm³/mol. The van der Waals surface area contributed by atoms with E-state index in [0.717, 1.165) is 11.1 Å².